The van der Waals surface area contributed by atoms with Gasteiger partial charge in [-0.1, -0.05) is 24.3 Å². The predicted molar refractivity (Wildman–Crippen MR) is 90.8 cm³/mol. The maximum Gasteiger partial charge on any atom is 0.315 e. The second-order valence-corrected chi connectivity index (χ2v) is 6.78. The molecule has 2 N–H and O–H groups in total. The first-order valence-corrected chi connectivity index (χ1v) is 8.50. The lowest BCUT2D eigenvalue weighted by Gasteiger charge is -2.18. The van der Waals surface area contributed by atoms with E-state index in [1.54, 1.807) is 19.0 Å². The quantitative estimate of drug-likeness (QED) is 0.868. The molecule has 1 heterocycles. The molecule has 1 fully saturated rings. The van der Waals surface area contributed by atoms with Gasteiger partial charge in [0.1, 0.15) is 6.10 Å². The number of hydrogen-bond donors (Lipinski definition) is 2. The molecule has 2 aliphatic rings. The molecule has 130 valence electrons. The molecule has 0 bridgehead atoms. The topological polar surface area (TPSA) is 70.7 Å². The minimum atomic E-state index is -0.376. The number of amides is 3. The summed E-state index contributed by atoms with van der Waals surface area (Å²) in [5.41, 5.74) is 2.62. The van der Waals surface area contributed by atoms with Crippen molar-refractivity contribution >= 4 is 11.9 Å². The van der Waals surface area contributed by atoms with E-state index in [1.165, 1.54) is 11.1 Å². The number of hydrogen-bond acceptors (Lipinski definition) is 3. The zero-order chi connectivity index (χ0) is 17.1. The van der Waals surface area contributed by atoms with Crippen LogP contribution in [-0.4, -0.2) is 55.7 Å². The monoisotopic (exact) mass is 331 g/mol. The van der Waals surface area contributed by atoms with Crippen molar-refractivity contribution in [1.82, 2.24) is 15.5 Å². The highest BCUT2D eigenvalue weighted by Crippen LogP contribution is 2.22. The maximum absolute atomic E-state index is 12.1. The number of nitrogens with zero attached hydrogens (tertiary/aromatic N) is 1. The third-order valence-corrected chi connectivity index (χ3v) is 4.70. The number of rotatable bonds is 4. The van der Waals surface area contributed by atoms with E-state index in [4.69, 9.17) is 4.74 Å². The lowest BCUT2D eigenvalue weighted by Crippen LogP contribution is -2.45. The van der Waals surface area contributed by atoms with Crippen LogP contribution in [0.25, 0.3) is 0 Å². The average molecular weight is 331 g/mol. The largest absolute Gasteiger partial charge is 0.363 e. The molecule has 1 aliphatic heterocycles. The summed E-state index contributed by atoms with van der Waals surface area (Å²) in [7, 11) is 3.45. The van der Waals surface area contributed by atoms with Gasteiger partial charge in [-0.3, -0.25) is 4.79 Å². The van der Waals surface area contributed by atoms with Crippen LogP contribution in [0.15, 0.2) is 24.3 Å². The van der Waals surface area contributed by atoms with E-state index < -0.39 is 0 Å². The zero-order valence-corrected chi connectivity index (χ0v) is 14.2. The number of nitrogens with one attached hydrogen (secondary N) is 2. The van der Waals surface area contributed by atoms with Gasteiger partial charge in [0.15, 0.2) is 0 Å². The molecular formula is C18H25N3O3. The second-order valence-electron chi connectivity index (χ2n) is 6.78. The summed E-state index contributed by atoms with van der Waals surface area (Å²) in [6.45, 7) is 0.433. The molecule has 6 heteroatoms. The molecule has 0 unspecified atom stereocenters. The SMILES string of the molecule is CN(C)C(=O)[C@H]1CC[C@@H](CNC(=O)NC2Cc3ccccc3C2)O1. The smallest absolute Gasteiger partial charge is 0.315 e. The van der Waals surface area contributed by atoms with Crippen LogP contribution in [0.2, 0.25) is 0 Å². The van der Waals surface area contributed by atoms with Gasteiger partial charge in [-0.2, -0.15) is 0 Å². The Balaban J connectivity index is 1.39. The summed E-state index contributed by atoms with van der Waals surface area (Å²) in [6.07, 6.45) is 2.79. The lowest BCUT2D eigenvalue weighted by atomic mass is 10.1. The van der Waals surface area contributed by atoms with Gasteiger partial charge in [0.05, 0.1) is 6.10 Å². The molecule has 1 saturated heterocycles. The molecule has 1 aliphatic carbocycles. The van der Waals surface area contributed by atoms with Crippen molar-refractivity contribution < 1.29 is 14.3 Å². The van der Waals surface area contributed by atoms with E-state index in [-0.39, 0.29) is 30.2 Å². The van der Waals surface area contributed by atoms with Crippen molar-refractivity contribution in [1.29, 1.82) is 0 Å². The summed E-state index contributed by atoms with van der Waals surface area (Å²) < 4.78 is 5.72. The van der Waals surface area contributed by atoms with E-state index in [2.05, 4.69) is 22.8 Å². The fourth-order valence-corrected chi connectivity index (χ4v) is 3.43. The molecule has 0 radical (unpaired) electrons. The van der Waals surface area contributed by atoms with Gasteiger partial charge in [0, 0.05) is 26.7 Å². The molecule has 0 spiro atoms. The summed E-state index contributed by atoms with van der Waals surface area (Å²) in [4.78, 5) is 25.5. The van der Waals surface area contributed by atoms with Crippen LogP contribution in [0.5, 0.6) is 0 Å². The van der Waals surface area contributed by atoms with Crippen molar-refractivity contribution in [2.24, 2.45) is 0 Å². The van der Waals surface area contributed by atoms with Crippen molar-refractivity contribution in [3.05, 3.63) is 35.4 Å². The van der Waals surface area contributed by atoms with Crippen molar-refractivity contribution in [3.8, 4) is 0 Å². The number of carbonyl (C=O) groups excluding carboxylic acids is 2. The van der Waals surface area contributed by atoms with Gasteiger partial charge in [0.25, 0.3) is 5.91 Å². The number of ether oxygens (including phenoxy) is 1. The molecule has 2 atom stereocenters. The fourth-order valence-electron chi connectivity index (χ4n) is 3.43. The Labute approximate surface area is 142 Å². The third kappa shape index (κ3) is 3.87. The van der Waals surface area contributed by atoms with Gasteiger partial charge in [0.2, 0.25) is 0 Å². The van der Waals surface area contributed by atoms with E-state index in [9.17, 15) is 9.59 Å². The number of fused-ring (bicyclic) bond motifs is 1. The maximum atomic E-state index is 12.1. The van der Waals surface area contributed by atoms with Crippen molar-refractivity contribution in [2.45, 2.75) is 43.9 Å². The van der Waals surface area contributed by atoms with Crippen LogP contribution in [0.1, 0.15) is 24.0 Å². The predicted octanol–water partition coefficient (Wildman–Crippen LogP) is 1.09. The fraction of sp³-hybridized carbons (Fsp3) is 0.556. The molecule has 24 heavy (non-hydrogen) atoms. The summed E-state index contributed by atoms with van der Waals surface area (Å²) in [6, 6.07) is 8.27. The Kier molecular flexibility index (Phi) is 5.04. The molecular weight excluding hydrogens is 306 g/mol. The number of benzene rings is 1. The highest BCUT2D eigenvalue weighted by molar-refractivity contribution is 5.80. The van der Waals surface area contributed by atoms with Crippen molar-refractivity contribution in [3.63, 3.8) is 0 Å². The highest BCUT2D eigenvalue weighted by Gasteiger charge is 2.32. The van der Waals surface area contributed by atoms with Gasteiger partial charge in [-0.25, -0.2) is 4.79 Å². The van der Waals surface area contributed by atoms with E-state index in [1.807, 2.05) is 12.1 Å². The van der Waals surface area contributed by atoms with Gasteiger partial charge in [-0.15, -0.1) is 0 Å². The molecule has 1 aromatic rings. The zero-order valence-electron chi connectivity index (χ0n) is 14.2. The molecule has 1 aromatic carbocycles. The van der Waals surface area contributed by atoms with Gasteiger partial charge >= 0.3 is 6.03 Å². The van der Waals surface area contributed by atoms with Crippen LogP contribution < -0.4 is 10.6 Å². The third-order valence-electron chi connectivity index (χ3n) is 4.70. The highest BCUT2D eigenvalue weighted by atomic mass is 16.5. The number of carbonyl (C=O) groups is 2. The molecule has 3 rings (SSSR count). The number of likely N-dealkylation sites (N-methyl/N-ethyl adjacent to an activating group) is 1. The Morgan fingerprint density at radius 3 is 2.46 bits per heavy atom. The Hall–Kier alpha value is -2.08. The Bertz CT molecular complexity index is 592. The Morgan fingerprint density at radius 2 is 1.83 bits per heavy atom. The van der Waals surface area contributed by atoms with Crippen molar-refractivity contribution in [2.75, 3.05) is 20.6 Å². The first-order chi connectivity index (χ1) is 11.5. The first-order valence-electron chi connectivity index (χ1n) is 8.50. The van der Waals surface area contributed by atoms with Crippen LogP contribution >= 0.6 is 0 Å². The number of urea groups is 1. The van der Waals surface area contributed by atoms with E-state index >= 15 is 0 Å². The molecule has 0 saturated carbocycles. The van der Waals surface area contributed by atoms with Gasteiger partial charge < -0.3 is 20.3 Å². The van der Waals surface area contributed by atoms with Crippen LogP contribution in [-0.2, 0) is 22.4 Å². The molecule has 6 nitrogen and oxygen atoms in total. The summed E-state index contributed by atoms with van der Waals surface area (Å²) in [5.74, 6) is -0.00864. The van der Waals surface area contributed by atoms with E-state index in [0.29, 0.717) is 13.0 Å². The lowest BCUT2D eigenvalue weighted by molar-refractivity contribution is -0.140. The average Bonchev–Trinajstić information content (AvgIpc) is 3.18. The van der Waals surface area contributed by atoms with Gasteiger partial charge in [-0.05, 0) is 36.8 Å². The second kappa shape index (κ2) is 7.21. The summed E-state index contributed by atoms with van der Waals surface area (Å²) >= 11 is 0. The van der Waals surface area contributed by atoms with Crippen LogP contribution in [0.4, 0.5) is 4.79 Å². The Morgan fingerprint density at radius 1 is 1.17 bits per heavy atom. The van der Waals surface area contributed by atoms with Crippen LogP contribution in [0, 0.1) is 0 Å². The van der Waals surface area contributed by atoms with E-state index in [0.717, 1.165) is 19.3 Å². The standard InChI is InChI=1S/C18H25N3O3/c1-21(2)17(22)16-8-7-15(24-16)11-19-18(23)20-14-9-12-5-3-4-6-13(12)10-14/h3-6,14-16H,7-11H2,1-2H3,(H2,19,20,23)/t15-,16+/m0/s1. The summed E-state index contributed by atoms with van der Waals surface area (Å²) in [5, 5.41) is 5.89. The normalized spacial score (nSPS) is 22.9. The van der Waals surface area contributed by atoms with Crippen LogP contribution in [0.3, 0.4) is 0 Å². The minimum absolute atomic E-state index is 0.00864. The minimum Gasteiger partial charge on any atom is -0.363 e. The molecule has 3 amide bonds. The first kappa shape index (κ1) is 16.8. The molecule has 0 aromatic heterocycles.